The van der Waals surface area contributed by atoms with Crippen LogP contribution in [0.3, 0.4) is 0 Å². The van der Waals surface area contributed by atoms with Crippen LogP contribution in [0.5, 0.6) is 0 Å². The number of nitrogens with zero attached hydrogens (tertiary/aromatic N) is 1. The molecule has 0 saturated heterocycles. The van der Waals surface area contributed by atoms with Gasteiger partial charge in [-0.1, -0.05) is 61.1 Å². The van der Waals surface area contributed by atoms with E-state index in [1.54, 1.807) is 17.8 Å². The van der Waals surface area contributed by atoms with Crippen LogP contribution in [-0.2, 0) is 0 Å². The first-order valence-electron chi connectivity index (χ1n) is 10.7. The van der Waals surface area contributed by atoms with Gasteiger partial charge in [-0.05, 0) is 72.9 Å². The number of fused-ring (bicyclic) bond motifs is 1. The molecule has 0 unspecified atom stereocenters. The molecule has 0 spiro atoms. The lowest BCUT2D eigenvalue weighted by Crippen LogP contribution is -2.03. The van der Waals surface area contributed by atoms with E-state index >= 15 is 0 Å². The van der Waals surface area contributed by atoms with Gasteiger partial charge in [-0.2, -0.15) is 0 Å². The Balaban J connectivity index is 1.42. The average molecular weight is 444 g/mol. The molecule has 0 aliphatic carbocycles. The normalized spacial score (nSPS) is 11.9. The lowest BCUT2D eigenvalue weighted by atomic mass is 10.0. The lowest BCUT2D eigenvalue weighted by molar-refractivity contribution is 0.101. The second-order valence-corrected chi connectivity index (χ2v) is 9.25. The van der Waals surface area contributed by atoms with Crippen molar-refractivity contribution in [2.45, 2.75) is 36.5 Å². The molecule has 0 radical (unpaired) electrons. The number of oxime groups is 1. The average Bonchev–Trinajstić information content (AvgIpc) is 3.25. The highest BCUT2D eigenvalue weighted by Crippen LogP contribution is 2.29. The van der Waals surface area contributed by atoms with Crippen molar-refractivity contribution in [2.75, 3.05) is 0 Å². The topological polar surface area (TPSA) is 62.8 Å². The summed E-state index contributed by atoms with van der Waals surface area (Å²) in [6, 6.07) is 24.9. The third-order valence-corrected chi connectivity index (χ3v) is 6.28. The van der Waals surface area contributed by atoms with Gasteiger partial charge in [0.2, 0.25) is 5.78 Å². The molecule has 0 aliphatic heterocycles. The van der Waals surface area contributed by atoms with Gasteiger partial charge in [0.25, 0.3) is 0 Å². The molecule has 4 rings (SSSR count). The summed E-state index contributed by atoms with van der Waals surface area (Å²) in [6.07, 6.45) is 1.73. The summed E-state index contributed by atoms with van der Waals surface area (Å²) in [7, 11) is 0. The lowest BCUT2D eigenvalue weighted by Gasteiger charge is -2.08. The van der Waals surface area contributed by atoms with Crippen LogP contribution in [0, 0.1) is 5.92 Å². The molecule has 0 fully saturated rings. The third-order valence-electron chi connectivity index (χ3n) is 5.27. The predicted octanol–water partition coefficient (Wildman–Crippen LogP) is 7.43. The molecule has 5 heteroatoms. The van der Waals surface area contributed by atoms with Crippen LogP contribution >= 0.6 is 11.8 Å². The van der Waals surface area contributed by atoms with Gasteiger partial charge >= 0.3 is 0 Å². The van der Waals surface area contributed by atoms with Crippen LogP contribution in [-0.4, -0.2) is 16.7 Å². The molecule has 0 bridgehead atoms. The minimum atomic E-state index is -0.126. The molecule has 4 nitrogen and oxygen atoms in total. The first kappa shape index (κ1) is 21.9. The van der Waals surface area contributed by atoms with Crippen molar-refractivity contribution in [3.05, 3.63) is 95.7 Å². The molecule has 0 atom stereocenters. The molecule has 1 heterocycles. The van der Waals surface area contributed by atoms with Crippen molar-refractivity contribution < 1.29 is 14.4 Å². The van der Waals surface area contributed by atoms with E-state index in [2.05, 4.69) is 19.0 Å². The Kier molecular flexibility index (Phi) is 6.76. The Hall–Kier alpha value is -3.31. The van der Waals surface area contributed by atoms with Crippen molar-refractivity contribution >= 4 is 34.2 Å². The maximum atomic E-state index is 12.8. The highest BCUT2D eigenvalue weighted by atomic mass is 32.2. The Morgan fingerprint density at radius 2 is 1.56 bits per heavy atom. The molecule has 3 aromatic carbocycles. The van der Waals surface area contributed by atoms with Gasteiger partial charge < -0.3 is 9.62 Å². The fraction of sp³-hybridized carbons (Fsp3) is 0.185. The van der Waals surface area contributed by atoms with Gasteiger partial charge in [0.15, 0.2) is 5.76 Å². The maximum Gasteiger partial charge on any atom is 0.228 e. The monoisotopic (exact) mass is 443 g/mol. The number of carbonyl (C=O) groups is 1. The van der Waals surface area contributed by atoms with Crippen LogP contribution in [0.4, 0.5) is 0 Å². The quantitative estimate of drug-likeness (QED) is 0.133. The van der Waals surface area contributed by atoms with E-state index in [4.69, 9.17) is 4.42 Å². The minimum Gasteiger partial charge on any atom is -0.453 e. The van der Waals surface area contributed by atoms with E-state index < -0.39 is 0 Å². The number of ketones is 1. The SMILES string of the molecule is CC(C)CC/C(=N\O)c1ccc(Sc2ccc(C(=O)c3cc4ccccc4o3)cc2)cc1. The summed E-state index contributed by atoms with van der Waals surface area (Å²) in [5.74, 6) is 0.781. The van der Waals surface area contributed by atoms with Crippen molar-refractivity contribution in [3.8, 4) is 0 Å². The number of hydrogen-bond donors (Lipinski definition) is 1. The summed E-state index contributed by atoms with van der Waals surface area (Å²) in [6.45, 7) is 4.31. The van der Waals surface area contributed by atoms with Gasteiger partial charge in [-0.15, -0.1) is 0 Å². The number of rotatable bonds is 8. The van der Waals surface area contributed by atoms with E-state index in [9.17, 15) is 10.0 Å². The first-order chi connectivity index (χ1) is 15.5. The van der Waals surface area contributed by atoms with Crippen molar-refractivity contribution in [1.29, 1.82) is 0 Å². The molecule has 4 aromatic rings. The highest BCUT2D eigenvalue weighted by molar-refractivity contribution is 7.99. The van der Waals surface area contributed by atoms with Crippen molar-refractivity contribution in [2.24, 2.45) is 11.1 Å². The number of furan rings is 1. The molecular weight excluding hydrogens is 418 g/mol. The van der Waals surface area contributed by atoms with Gasteiger partial charge in [0, 0.05) is 20.7 Å². The second-order valence-electron chi connectivity index (χ2n) is 8.11. The maximum absolute atomic E-state index is 12.8. The van der Waals surface area contributed by atoms with Gasteiger partial charge in [0.05, 0.1) is 5.71 Å². The zero-order valence-electron chi connectivity index (χ0n) is 18.1. The Morgan fingerprint density at radius 3 is 2.16 bits per heavy atom. The van der Waals surface area contributed by atoms with Crippen molar-refractivity contribution in [3.63, 3.8) is 0 Å². The van der Waals surface area contributed by atoms with Gasteiger partial charge in [-0.25, -0.2) is 0 Å². The van der Waals surface area contributed by atoms with Crippen LogP contribution in [0.2, 0.25) is 0 Å². The number of carbonyl (C=O) groups excluding carboxylic acids is 1. The van der Waals surface area contributed by atoms with Crippen LogP contribution in [0.25, 0.3) is 11.0 Å². The highest BCUT2D eigenvalue weighted by Gasteiger charge is 2.14. The molecule has 0 aliphatic rings. The Morgan fingerprint density at radius 1 is 0.938 bits per heavy atom. The third kappa shape index (κ3) is 5.11. The smallest absolute Gasteiger partial charge is 0.228 e. The molecule has 1 aromatic heterocycles. The van der Waals surface area contributed by atoms with E-state index in [1.807, 2.05) is 72.8 Å². The summed E-state index contributed by atoms with van der Waals surface area (Å²) in [4.78, 5) is 14.9. The molecule has 1 N–H and O–H groups in total. The number of para-hydroxylation sites is 1. The van der Waals surface area contributed by atoms with Crippen LogP contribution < -0.4 is 0 Å². The fourth-order valence-electron chi connectivity index (χ4n) is 3.44. The summed E-state index contributed by atoms with van der Waals surface area (Å²) in [5.41, 5.74) is 2.95. The molecular formula is C27H25NO3S. The van der Waals surface area contributed by atoms with Gasteiger partial charge in [-0.3, -0.25) is 4.79 Å². The van der Waals surface area contributed by atoms with E-state index in [-0.39, 0.29) is 5.78 Å². The predicted molar refractivity (Wildman–Crippen MR) is 129 cm³/mol. The zero-order chi connectivity index (χ0) is 22.5. The van der Waals surface area contributed by atoms with E-state index in [0.717, 1.165) is 33.6 Å². The molecule has 162 valence electrons. The largest absolute Gasteiger partial charge is 0.453 e. The van der Waals surface area contributed by atoms with Crippen molar-refractivity contribution in [1.82, 2.24) is 0 Å². The van der Waals surface area contributed by atoms with E-state index in [1.165, 1.54) is 0 Å². The molecule has 0 saturated carbocycles. The summed E-state index contributed by atoms with van der Waals surface area (Å²) < 4.78 is 5.70. The second kappa shape index (κ2) is 9.88. The van der Waals surface area contributed by atoms with E-state index in [0.29, 0.717) is 28.5 Å². The number of hydrogen-bond acceptors (Lipinski definition) is 5. The zero-order valence-corrected chi connectivity index (χ0v) is 18.9. The summed E-state index contributed by atoms with van der Waals surface area (Å²) in [5, 5.41) is 13.7. The first-order valence-corrected chi connectivity index (χ1v) is 11.5. The summed E-state index contributed by atoms with van der Waals surface area (Å²) >= 11 is 1.62. The molecule has 0 amide bonds. The Bertz CT molecular complexity index is 1210. The van der Waals surface area contributed by atoms with Crippen LogP contribution in [0.1, 0.15) is 48.4 Å². The van der Waals surface area contributed by atoms with Gasteiger partial charge in [0.1, 0.15) is 5.58 Å². The minimum absolute atomic E-state index is 0.126. The fourth-order valence-corrected chi connectivity index (χ4v) is 4.26. The number of benzene rings is 3. The van der Waals surface area contributed by atoms with Crippen LogP contribution in [0.15, 0.2) is 98.2 Å². The molecule has 32 heavy (non-hydrogen) atoms. The standard InChI is InChI=1S/C27H25NO3S/c1-18(2)7-16-24(28-30)19-8-12-22(13-9-19)32-23-14-10-20(11-15-23)27(29)26-17-21-5-3-4-6-25(21)31-26/h3-6,8-15,17-18,30H,7,16H2,1-2H3/b28-24+. The Labute approximate surface area is 192 Å².